The standard InChI is InChI=1S/C9H16O2S.C8H16O4S.C7H14O2.C7H12O2.C7H14OS.C2H4OS.K.H3N/c1-6-4-9(12-8(3)10)5-7(2)11-6;1-6-4-8(5-7(2)11-6)12-13(3,9)10;2*1-5-3-7(8)4-6(2)9-5;1-5-3-7(9)4-6(2)8-5;1-2(3)4;;/h6-7,9H,4-5H2,1-3H3;6-8H,4-5H2,1-3H3;5-8H,3-4H2,1-2H3;5-6H,3-4H2,1-2H3;5-7,9H,3-4H2,1-2H3;1H3,(H,3,4);;1H3/q;;;;;;+1;/p-1/t;;;;5-,6+,7?;;;. The van der Waals surface area contributed by atoms with Crippen LogP contribution in [0.25, 0.3) is 0 Å². The number of Topliss-reactive ketones (excluding diaryl/α,β-unsaturated/α-hetero) is 1. The first-order chi connectivity index (χ1) is 25.7. The minimum absolute atomic E-state index is 0. The van der Waals surface area contributed by atoms with Crippen LogP contribution in [-0.2, 0) is 47.6 Å². The smallest absolute Gasteiger partial charge is 0.868 e. The number of hydrogen-bond acceptors (Lipinski definition) is 16. The molecule has 0 radical (unpaired) electrons. The molecule has 5 fully saturated rings. The maximum Gasteiger partial charge on any atom is 1.00 e. The summed E-state index contributed by atoms with van der Waals surface area (Å²) in [6.45, 7) is 23.1. The monoisotopic (exact) mass is 931 g/mol. The predicted molar refractivity (Wildman–Crippen MR) is 235 cm³/mol. The molecule has 5 saturated heterocycles. The van der Waals surface area contributed by atoms with Crippen LogP contribution in [0, 0.1) is 0 Å². The van der Waals surface area contributed by atoms with Crippen LogP contribution in [0.15, 0.2) is 0 Å². The van der Waals surface area contributed by atoms with E-state index in [0.717, 1.165) is 44.8 Å². The number of thioether (sulfide) groups is 1. The van der Waals surface area contributed by atoms with E-state index in [1.165, 1.54) is 18.7 Å². The summed E-state index contributed by atoms with van der Waals surface area (Å²) < 4.78 is 53.9. The number of ether oxygens (including phenoxy) is 5. The molecule has 13 nitrogen and oxygen atoms in total. The molecule has 4 N–H and O–H groups in total. The van der Waals surface area contributed by atoms with E-state index in [4.69, 9.17) is 27.9 Å². The minimum atomic E-state index is -3.33. The molecule has 0 aromatic carbocycles. The van der Waals surface area contributed by atoms with Crippen molar-refractivity contribution in [2.75, 3.05) is 6.26 Å². The van der Waals surface area contributed by atoms with E-state index in [2.05, 4.69) is 52.5 Å². The Balaban J connectivity index is -0.000000636. The molecule has 11 atom stereocenters. The molecule has 0 saturated carbocycles. The molecule has 0 spiro atoms. The van der Waals surface area contributed by atoms with Crippen LogP contribution in [0.2, 0.25) is 0 Å². The second kappa shape index (κ2) is 33.7. The summed E-state index contributed by atoms with van der Waals surface area (Å²) in [6.07, 6.45) is 11.4. The van der Waals surface area contributed by atoms with Crippen LogP contribution in [0.3, 0.4) is 0 Å². The fourth-order valence-electron chi connectivity index (χ4n) is 7.30. The molecular formula is C40H78KNO12S4. The normalized spacial score (nSPS) is 35.7. The number of hydrogen-bond donors (Lipinski definition) is 3. The Hall–Kier alpha value is 1.20. The van der Waals surface area contributed by atoms with Gasteiger partial charge in [-0.3, -0.25) is 13.8 Å². The quantitative estimate of drug-likeness (QED) is 0.159. The van der Waals surface area contributed by atoms with Crippen molar-refractivity contribution in [3.63, 3.8) is 0 Å². The average molecular weight is 932 g/mol. The topological polar surface area (TPSA) is 202 Å². The second-order valence-electron chi connectivity index (χ2n) is 16.1. The third kappa shape index (κ3) is 36.7. The molecule has 5 heterocycles. The first kappa shape index (κ1) is 63.5. The molecular weight excluding hydrogens is 854 g/mol. The van der Waals surface area contributed by atoms with Gasteiger partial charge >= 0.3 is 51.4 Å². The maximum absolute atomic E-state index is 10.8. The van der Waals surface area contributed by atoms with Gasteiger partial charge in [0.15, 0.2) is 5.12 Å². The van der Waals surface area contributed by atoms with Gasteiger partial charge in [-0.15, -0.1) is 12.2 Å². The van der Waals surface area contributed by atoms with Crippen LogP contribution in [0.4, 0.5) is 0 Å². The molecule has 0 aromatic rings. The van der Waals surface area contributed by atoms with Crippen molar-refractivity contribution in [1.82, 2.24) is 6.15 Å². The Bertz CT molecular complexity index is 1130. The van der Waals surface area contributed by atoms with Crippen molar-refractivity contribution in [3.8, 4) is 0 Å². The van der Waals surface area contributed by atoms with Gasteiger partial charge in [-0.25, -0.2) is 0 Å². The van der Waals surface area contributed by atoms with Gasteiger partial charge in [0.1, 0.15) is 5.78 Å². The van der Waals surface area contributed by atoms with Crippen molar-refractivity contribution in [2.45, 2.75) is 231 Å². The zero-order valence-electron chi connectivity index (χ0n) is 38.0. The number of thiol groups is 1. The van der Waals surface area contributed by atoms with Gasteiger partial charge in [-0.05, 0) is 115 Å². The molecule has 5 aliphatic heterocycles. The van der Waals surface area contributed by atoms with E-state index in [1.54, 1.807) is 6.92 Å². The van der Waals surface area contributed by atoms with Gasteiger partial charge in [-0.1, -0.05) is 16.8 Å². The number of aliphatic hydroxyl groups excluding tert-OH is 1. The second-order valence-corrected chi connectivity index (χ2v) is 20.5. The van der Waals surface area contributed by atoms with Crippen LogP contribution < -0.4 is 62.6 Å². The first-order valence-electron chi connectivity index (χ1n) is 20.1. The Morgan fingerprint density at radius 1 is 0.690 bits per heavy atom. The zero-order chi connectivity index (χ0) is 43.3. The van der Waals surface area contributed by atoms with Gasteiger partial charge in [0.2, 0.25) is 0 Å². The van der Waals surface area contributed by atoms with E-state index in [0.29, 0.717) is 66.4 Å². The van der Waals surface area contributed by atoms with Gasteiger partial charge in [0.25, 0.3) is 10.1 Å². The number of ketones is 1. The predicted octanol–water partition coefficient (Wildman–Crippen LogP) is 3.95. The van der Waals surface area contributed by atoms with Crippen molar-refractivity contribution in [3.05, 3.63) is 0 Å². The van der Waals surface area contributed by atoms with Gasteiger partial charge in [-0.2, -0.15) is 21.0 Å². The molecule has 0 amide bonds. The van der Waals surface area contributed by atoms with E-state index in [-0.39, 0.29) is 117 Å². The van der Waals surface area contributed by atoms with Gasteiger partial charge in [0, 0.05) is 43.1 Å². The number of carbonyl (C=O) groups is 2. The molecule has 0 aromatic heterocycles. The van der Waals surface area contributed by atoms with Crippen LogP contribution in [-0.4, -0.2) is 119 Å². The van der Waals surface area contributed by atoms with Crippen LogP contribution in [0.5, 0.6) is 0 Å². The Kier molecular flexibility index (Phi) is 36.9. The Labute approximate surface area is 409 Å². The van der Waals surface area contributed by atoms with Gasteiger partial charge < -0.3 is 40.0 Å². The summed E-state index contributed by atoms with van der Waals surface area (Å²) in [7, 11) is -3.33. The van der Waals surface area contributed by atoms with Crippen molar-refractivity contribution in [1.29, 1.82) is 0 Å². The fourth-order valence-corrected chi connectivity index (χ4v) is 9.75. The first-order valence-corrected chi connectivity index (χ1v) is 23.7. The van der Waals surface area contributed by atoms with E-state index in [9.17, 15) is 28.2 Å². The van der Waals surface area contributed by atoms with Crippen molar-refractivity contribution < 1.29 is 107 Å². The molecule has 9 unspecified atom stereocenters. The molecule has 5 rings (SSSR count). The number of carbonyl (C=O) groups excluding carboxylic acids is 2. The number of aliphatic hydroxyl groups is 1. The molecule has 340 valence electrons. The summed E-state index contributed by atoms with van der Waals surface area (Å²) in [5.41, 5.74) is 0. The number of thiocarbonyl (C=S) groups is 1. The number of rotatable bonds is 3. The summed E-state index contributed by atoms with van der Waals surface area (Å²) in [6, 6.07) is 0. The summed E-state index contributed by atoms with van der Waals surface area (Å²) in [5, 5.41) is 19.4. The molecule has 18 heteroatoms. The average Bonchev–Trinajstić information content (AvgIpc) is 2.94. The third-order valence-corrected chi connectivity index (χ3v) is 10.9. The largest absolute Gasteiger partial charge is 1.00 e. The summed E-state index contributed by atoms with van der Waals surface area (Å²) in [4.78, 5) is 21.7. The van der Waals surface area contributed by atoms with Crippen molar-refractivity contribution >= 4 is 62.7 Å². The van der Waals surface area contributed by atoms with Crippen molar-refractivity contribution in [2.24, 2.45) is 0 Å². The summed E-state index contributed by atoms with van der Waals surface area (Å²) >= 11 is 9.85. The van der Waals surface area contributed by atoms with Crippen LogP contribution in [0.1, 0.15) is 147 Å². The summed E-state index contributed by atoms with van der Waals surface area (Å²) in [5.74, 6) is 0.334. The molecule has 5 aliphatic rings. The van der Waals surface area contributed by atoms with E-state index < -0.39 is 10.1 Å². The maximum atomic E-state index is 10.8. The van der Waals surface area contributed by atoms with E-state index in [1.807, 2.05) is 41.5 Å². The minimum Gasteiger partial charge on any atom is -0.868 e. The zero-order valence-corrected chi connectivity index (χ0v) is 44.4. The Morgan fingerprint density at radius 3 is 1.26 bits per heavy atom. The third-order valence-electron chi connectivity index (χ3n) is 8.79. The molecule has 58 heavy (non-hydrogen) atoms. The van der Waals surface area contributed by atoms with Gasteiger partial charge in [0.05, 0.1) is 79.5 Å². The Morgan fingerprint density at radius 2 is 0.983 bits per heavy atom. The molecule has 0 aliphatic carbocycles. The fraction of sp³-hybridized carbons (Fsp3) is 0.925. The molecule has 0 bridgehead atoms. The van der Waals surface area contributed by atoms with E-state index >= 15 is 0 Å². The SMILES string of the molecule is CC(=O)SC1CC(C)OC(C)C1.CC([O-])=S.CC1CC(=O)CC(C)O1.CC1CC(O)CC(C)O1.CC1CC(OS(C)(=O)=O)CC(C)O1.C[C@@H]1CC(S)C[C@H](C)O1.N.[K+]. The van der Waals surface area contributed by atoms with Crippen LogP contribution >= 0.6 is 36.6 Å².